The third-order valence-corrected chi connectivity index (χ3v) is 5.89. The molecule has 3 heterocycles. The largest absolute Gasteiger partial charge is 0.383 e. The Labute approximate surface area is 167 Å². The third-order valence-electron chi connectivity index (χ3n) is 5.31. The van der Waals surface area contributed by atoms with Gasteiger partial charge in [0.25, 0.3) is 0 Å². The Balaban J connectivity index is 1.60. The van der Waals surface area contributed by atoms with E-state index in [9.17, 15) is 4.79 Å². The van der Waals surface area contributed by atoms with Crippen molar-refractivity contribution in [1.29, 1.82) is 0 Å². The van der Waals surface area contributed by atoms with Crippen molar-refractivity contribution in [3.63, 3.8) is 0 Å². The number of H-pyrrole nitrogens is 1. The molecule has 0 bridgehead atoms. The number of halogens is 1. The number of carbonyl (C=O) groups is 1. The van der Waals surface area contributed by atoms with Gasteiger partial charge in [0.15, 0.2) is 0 Å². The van der Waals surface area contributed by atoms with E-state index < -0.39 is 0 Å². The first-order valence-corrected chi connectivity index (χ1v) is 10.4. The maximum atomic E-state index is 12.3. The number of piperidine rings is 1. The Morgan fingerprint density at radius 1 is 1.44 bits per heavy atom. The lowest BCUT2D eigenvalue weighted by Gasteiger charge is -2.36. The van der Waals surface area contributed by atoms with E-state index in [1.54, 1.807) is 7.11 Å². The number of fused-ring (bicyclic) bond motifs is 1. The van der Waals surface area contributed by atoms with E-state index in [2.05, 4.69) is 41.4 Å². The van der Waals surface area contributed by atoms with Gasteiger partial charge < -0.3 is 25.3 Å². The maximum absolute atomic E-state index is 12.3. The Bertz CT molecular complexity index is 820. The van der Waals surface area contributed by atoms with Gasteiger partial charge >= 0.3 is 0 Å². The van der Waals surface area contributed by atoms with Crippen molar-refractivity contribution in [2.45, 2.75) is 31.7 Å². The van der Waals surface area contributed by atoms with Crippen LogP contribution < -0.4 is 15.5 Å². The van der Waals surface area contributed by atoms with Crippen LogP contribution in [-0.2, 0) is 9.53 Å². The number of nitrogens with one attached hydrogen (secondary N) is 3. The number of methoxy groups -OCH3 is 1. The van der Waals surface area contributed by atoms with E-state index in [0.717, 1.165) is 78.8 Å². The summed E-state index contributed by atoms with van der Waals surface area (Å²) in [4.78, 5) is 22.4. The fourth-order valence-corrected chi connectivity index (χ4v) is 4.31. The minimum atomic E-state index is 0.111. The first-order chi connectivity index (χ1) is 13.2. The second kappa shape index (κ2) is 8.16. The molecule has 1 amide bonds. The molecule has 0 spiro atoms. The Morgan fingerprint density at radius 3 is 3.07 bits per heavy atom. The highest BCUT2D eigenvalue weighted by molar-refractivity contribution is 9.10. The highest BCUT2D eigenvalue weighted by Crippen LogP contribution is 2.39. The monoisotopic (exact) mass is 435 g/mol. The topological polar surface area (TPSA) is 82.3 Å². The number of pyridine rings is 1. The molecule has 146 valence electrons. The predicted molar refractivity (Wildman–Crippen MR) is 110 cm³/mol. The molecule has 2 aromatic heterocycles. The highest BCUT2D eigenvalue weighted by Gasteiger charge is 2.31. The number of nitrogens with zero attached hydrogens (tertiary/aromatic N) is 2. The van der Waals surface area contributed by atoms with Crippen LogP contribution in [0.1, 0.15) is 25.7 Å². The molecule has 1 saturated carbocycles. The summed E-state index contributed by atoms with van der Waals surface area (Å²) in [6.07, 6.45) is 7.95. The number of anilines is 2. The van der Waals surface area contributed by atoms with Gasteiger partial charge in [-0.3, -0.25) is 4.79 Å². The van der Waals surface area contributed by atoms with Gasteiger partial charge in [-0.05, 0) is 41.6 Å². The Kier molecular flexibility index (Phi) is 5.66. The normalized spacial score (nSPS) is 20.2. The van der Waals surface area contributed by atoms with Crippen LogP contribution in [0.15, 0.2) is 16.9 Å². The summed E-state index contributed by atoms with van der Waals surface area (Å²) in [5.74, 6) is 0.280. The lowest BCUT2D eigenvalue weighted by atomic mass is 10.0. The maximum Gasteiger partial charge on any atom is 0.227 e. The number of rotatable bonds is 7. The fourth-order valence-electron chi connectivity index (χ4n) is 3.76. The van der Waals surface area contributed by atoms with Crippen LogP contribution in [-0.4, -0.2) is 55.3 Å². The Hall–Kier alpha value is -1.64. The van der Waals surface area contributed by atoms with E-state index in [4.69, 9.17) is 4.74 Å². The van der Waals surface area contributed by atoms with Crippen molar-refractivity contribution >= 4 is 44.2 Å². The summed E-state index contributed by atoms with van der Waals surface area (Å²) in [7, 11) is 1.73. The van der Waals surface area contributed by atoms with Crippen molar-refractivity contribution in [3.8, 4) is 0 Å². The molecule has 1 aliphatic heterocycles. The SMILES string of the molecule is COCCN[C@@H]1CCCN(c2c(Br)cnc3[nH]cc(NC(=O)C4CC4)c23)C1. The van der Waals surface area contributed by atoms with Crippen LogP contribution in [0.5, 0.6) is 0 Å². The predicted octanol–water partition coefficient (Wildman–Crippen LogP) is 2.88. The van der Waals surface area contributed by atoms with Crippen LogP contribution in [0.25, 0.3) is 11.0 Å². The molecule has 3 N–H and O–H groups in total. The molecule has 2 aliphatic rings. The third kappa shape index (κ3) is 4.12. The highest BCUT2D eigenvalue weighted by atomic mass is 79.9. The molecule has 2 fully saturated rings. The molecule has 0 unspecified atom stereocenters. The summed E-state index contributed by atoms with van der Waals surface area (Å²) < 4.78 is 6.10. The molecule has 7 nitrogen and oxygen atoms in total. The van der Waals surface area contributed by atoms with Gasteiger partial charge in [-0.25, -0.2) is 4.98 Å². The van der Waals surface area contributed by atoms with E-state index in [0.29, 0.717) is 6.04 Å². The summed E-state index contributed by atoms with van der Waals surface area (Å²) >= 11 is 3.69. The van der Waals surface area contributed by atoms with Crippen molar-refractivity contribution in [3.05, 3.63) is 16.9 Å². The number of carbonyl (C=O) groups excluding carboxylic acids is 1. The van der Waals surface area contributed by atoms with Gasteiger partial charge in [-0.1, -0.05) is 0 Å². The van der Waals surface area contributed by atoms with Gasteiger partial charge in [0, 0.05) is 51.1 Å². The minimum absolute atomic E-state index is 0.111. The molecular weight excluding hydrogens is 410 g/mol. The smallest absolute Gasteiger partial charge is 0.227 e. The van der Waals surface area contributed by atoms with E-state index in [-0.39, 0.29) is 11.8 Å². The second-order valence-electron chi connectivity index (χ2n) is 7.38. The molecule has 2 aromatic rings. The zero-order chi connectivity index (χ0) is 18.8. The summed E-state index contributed by atoms with van der Waals surface area (Å²) in [5.41, 5.74) is 2.72. The molecule has 1 aliphatic carbocycles. The average molecular weight is 436 g/mol. The first-order valence-electron chi connectivity index (χ1n) is 9.61. The van der Waals surface area contributed by atoms with Gasteiger partial charge in [-0.2, -0.15) is 0 Å². The average Bonchev–Trinajstić information content (AvgIpc) is 3.45. The van der Waals surface area contributed by atoms with Crippen LogP contribution in [0.4, 0.5) is 11.4 Å². The van der Waals surface area contributed by atoms with Gasteiger partial charge in [0.1, 0.15) is 5.65 Å². The van der Waals surface area contributed by atoms with Crippen LogP contribution in [0.3, 0.4) is 0 Å². The number of aromatic nitrogens is 2. The van der Waals surface area contributed by atoms with Crippen molar-refractivity contribution in [2.75, 3.05) is 43.6 Å². The molecule has 27 heavy (non-hydrogen) atoms. The molecule has 0 aromatic carbocycles. The zero-order valence-electron chi connectivity index (χ0n) is 15.6. The zero-order valence-corrected chi connectivity index (χ0v) is 17.1. The number of hydrogen-bond acceptors (Lipinski definition) is 5. The number of amides is 1. The standard InChI is InChI=1S/C19H26BrN5O2/c1-27-8-6-21-13-3-2-7-25(11-13)17-14(20)9-22-18-16(17)15(10-23-18)24-19(26)12-4-5-12/h9-10,12-13,21H,2-8,11H2,1H3,(H,22,23)(H,24,26)/t13-/m1/s1. The Morgan fingerprint density at radius 2 is 2.30 bits per heavy atom. The quantitative estimate of drug-likeness (QED) is 0.582. The fraction of sp³-hybridized carbons (Fsp3) is 0.579. The van der Waals surface area contributed by atoms with E-state index in [1.807, 2.05) is 12.4 Å². The molecule has 0 radical (unpaired) electrons. The lowest BCUT2D eigenvalue weighted by molar-refractivity contribution is -0.117. The summed E-state index contributed by atoms with van der Waals surface area (Å²) in [6.45, 7) is 3.48. The van der Waals surface area contributed by atoms with Crippen LogP contribution in [0.2, 0.25) is 0 Å². The number of hydrogen-bond donors (Lipinski definition) is 3. The van der Waals surface area contributed by atoms with Crippen LogP contribution in [0, 0.1) is 5.92 Å². The second-order valence-corrected chi connectivity index (χ2v) is 8.23. The minimum Gasteiger partial charge on any atom is -0.383 e. The number of aromatic amines is 1. The van der Waals surface area contributed by atoms with Crippen molar-refractivity contribution in [2.24, 2.45) is 5.92 Å². The summed E-state index contributed by atoms with van der Waals surface area (Å²) in [5, 5.41) is 7.66. The van der Waals surface area contributed by atoms with Gasteiger partial charge in [-0.15, -0.1) is 0 Å². The van der Waals surface area contributed by atoms with Crippen LogP contribution >= 0.6 is 15.9 Å². The van der Waals surface area contributed by atoms with E-state index >= 15 is 0 Å². The van der Waals surface area contributed by atoms with E-state index in [1.165, 1.54) is 0 Å². The van der Waals surface area contributed by atoms with Crippen molar-refractivity contribution < 1.29 is 9.53 Å². The number of ether oxygens (including phenoxy) is 1. The molecule has 1 atom stereocenters. The summed E-state index contributed by atoms with van der Waals surface area (Å²) in [6, 6.07) is 0.424. The van der Waals surface area contributed by atoms with Gasteiger partial charge in [0.2, 0.25) is 5.91 Å². The first kappa shape index (κ1) is 18.7. The molecule has 8 heteroatoms. The van der Waals surface area contributed by atoms with Gasteiger partial charge in [0.05, 0.1) is 27.8 Å². The molecular formula is C19H26BrN5O2. The molecule has 1 saturated heterocycles. The molecule has 4 rings (SSSR count). The van der Waals surface area contributed by atoms with Crippen molar-refractivity contribution in [1.82, 2.24) is 15.3 Å². The lowest BCUT2D eigenvalue weighted by Crippen LogP contribution is -2.46.